The van der Waals surface area contributed by atoms with Gasteiger partial charge in [-0.3, -0.25) is 4.99 Å². The summed E-state index contributed by atoms with van der Waals surface area (Å²) >= 11 is 0. The highest BCUT2D eigenvalue weighted by atomic mass is 16.5. The van der Waals surface area contributed by atoms with Gasteiger partial charge in [0, 0.05) is 37.1 Å². The molecule has 0 aromatic heterocycles. The van der Waals surface area contributed by atoms with Crippen molar-refractivity contribution in [2.24, 2.45) is 22.2 Å². The number of hydrogen-bond acceptors (Lipinski definition) is 3. The van der Waals surface area contributed by atoms with E-state index in [1.807, 2.05) is 0 Å². The molecule has 3 atom stereocenters. The van der Waals surface area contributed by atoms with Gasteiger partial charge in [-0.1, -0.05) is 13.3 Å². The highest BCUT2D eigenvalue weighted by molar-refractivity contribution is 5.80. The van der Waals surface area contributed by atoms with Crippen molar-refractivity contribution in [1.29, 1.82) is 0 Å². The molecule has 5 nitrogen and oxygen atoms in total. The first-order valence-electron chi connectivity index (χ1n) is 11.1. The number of piperidine rings is 1. The second-order valence-electron chi connectivity index (χ2n) is 9.09. The van der Waals surface area contributed by atoms with Crippen LogP contribution in [0.1, 0.15) is 58.8 Å². The Labute approximate surface area is 159 Å². The number of guanidine groups is 1. The molecule has 2 N–H and O–H groups in total. The van der Waals surface area contributed by atoms with Crippen molar-refractivity contribution in [3.05, 3.63) is 0 Å². The van der Waals surface area contributed by atoms with Crippen LogP contribution in [0, 0.1) is 17.3 Å². The van der Waals surface area contributed by atoms with E-state index in [-0.39, 0.29) is 0 Å². The summed E-state index contributed by atoms with van der Waals surface area (Å²) in [5.74, 6) is 2.65. The third-order valence-corrected chi connectivity index (χ3v) is 7.45. The van der Waals surface area contributed by atoms with Crippen LogP contribution in [0.3, 0.4) is 0 Å². The molecule has 0 aromatic rings. The maximum Gasteiger partial charge on any atom is 0.191 e. The molecule has 5 heteroatoms. The molecule has 2 saturated carbocycles. The van der Waals surface area contributed by atoms with Gasteiger partial charge >= 0.3 is 0 Å². The Morgan fingerprint density at radius 1 is 1.23 bits per heavy atom. The lowest BCUT2D eigenvalue weighted by molar-refractivity contribution is -0.171. The normalized spacial score (nSPS) is 34.2. The largest absolute Gasteiger partial charge is 0.377 e. The molecule has 4 aliphatic rings. The number of hydrogen-bond donors (Lipinski definition) is 2. The van der Waals surface area contributed by atoms with E-state index in [0.29, 0.717) is 23.5 Å². The van der Waals surface area contributed by atoms with Crippen molar-refractivity contribution < 1.29 is 4.74 Å². The minimum Gasteiger partial charge on any atom is -0.377 e. The molecule has 2 aliphatic carbocycles. The SMILES string of the molecule is CCNC(=NCCCN1CCC(C)CC1)NC1C2CCOC2C12CCC2. The molecule has 0 aromatic carbocycles. The Bertz CT molecular complexity index is 496. The Hall–Kier alpha value is -0.810. The van der Waals surface area contributed by atoms with Crippen LogP contribution >= 0.6 is 0 Å². The van der Waals surface area contributed by atoms with Gasteiger partial charge in [0.05, 0.1) is 6.10 Å². The van der Waals surface area contributed by atoms with Gasteiger partial charge in [-0.2, -0.15) is 0 Å². The second-order valence-corrected chi connectivity index (χ2v) is 9.09. The van der Waals surface area contributed by atoms with Crippen LogP contribution < -0.4 is 10.6 Å². The number of rotatable bonds is 6. The van der Waals surface area contributed by atoms with Crippen molar-refractivity contribution in [2.75, 3.05) is 39.3 Å². The van der Waals surface area contributed by atoms with Gasteiger partial charge in [-0.15, -0.1) is 0 Å². The minimum atomic E-state index is 0.419. The molecule has 0 amide bonds. The molecular formula is C21H38N4O. The predicted molar refractivity (Wildman–Crippen MR) is 106 cm³/mol. The van der Waals surface area contributed by atoms with Gasteiger partial charge in [0.2, 0.25) is 0 Å². The first-order valence-corrected chi connectivity index (χ1v) is 11.1. The zero-order valence-corrected chi connectivity index (χ0v) is 16.8. The molecule has 0 bridgehead atoms. The van der Waals surface area contributed by atoms with Crippen molar-refractivity contribution in [2.45, 2.75) is 70.9 Å². The number of likely N-dealkylation sites (tertiary alicyclic amines) is 1. The maximum atomic E-state index is 6.05. The summed E-state index contributed by atoms with van der Waals surface area (Å²) in [5.41, 5.74) is 0.419. The molecule has 148 valence electrons. The summed E-state index contributed by atoms with van der Waals surface area (Å²) in [6.07, 6.45) is 9.67. The first-order chi connectivity index (χ1) is 12.7. The number of fused-ring (bicyclic) bond motifs is 2. The van der Waals surface area contributed by atoms with Crippen molar-refractivity contribution in [1.82, 2.24) is 15.5 Å². The van der Waals surface area contributed by atoms with Crippen LogP contribution in [-0.4, -0.2) is 62.3 Å². The van der Waals surface area contributed by atoms with Gasteiger partial charge < -0.3 is 20.3 Å². The van der Waals surface area contributed by atoms with Crippen molar-refractivity contribution in [3.8, 4) is 0 Å². The summed E-state index contributed by atoms with van der Waals surface area (Å²) in [6, 6.07) is 0.574. The van der Waals surface area contributed by atoms with Gasteiger partial charge in [0.15, 0.2) is 5.96 Å². The molecule has 4 rings (SSSR count). The second kappa shape index (κ2) is 8.05. The fourth-order valence-corrected chi connectivity index (χ4v) is 5.69. The fraction of sp³-hybridized carbons (Fsp3) is 0.952. The van der Waals surface area contributed by atoms with E-state index in [1.165, 1.54) is 58.2 Å². The van der Waals surface area contributed by atoms with Crippen LogP contribution in [0.4, 0.5) is 0 Å². The van der Waals surface area contributed by atoms with Gasteiger partial charge in [0.1, 0.15) is 0 Å². The van der Waals surface area contributed by atoms with E-state index in [1.54, 1.807) is 0 Å². The Kier molecular flexibility index (Phi) is 5.75. The minimum absolute atomic E-state index is 0.419. The number of nitrogens with one attached hydrogen (secondary N) is 2. The molecule has 1 spiro atoms. The quantitative estimate of drug-likeness (QED) is 0.433. The lowest BCUT2D eigenvalue weighted by Crippen LogP contribution is -2.72. The molecule has 3 unspecified atom stereocenters. The summed E-state index contributed by atoms with van der Waals surface area (Å²) in [7, 11) is 0. The van der Waals surface area contributed by atoms with Gasteiger partial charge in [0.25, 0.3) is 0 Å². The zero-order chi connectivity index (χ0) is 18.0. The zero-order valence-electron chi connectivity index (χ0n) is 16.8. The van der Waals surface area contributed by atoms with Crippen LogP contribution in [0.2, 0.25) is 0 Å². The molecule has 2 saturated heterocycles. The third kappa shape index (κ3) is 3.49. The van der Waals surface area contributed by atoms with Crippen LogP contribution in [0.5, 0.6) is 0 Å². The lowest BCUT2D eigenvalue weighted by atomic mass is 9.46. The molecule has 4 fully saturated rings. The van der Waals surface area contributed by atoms with Gasteiger partial charge in [-0.05, 0) is 71.0 Å². The maximum absolute atomic E-state index is 6.05. The Balaban J connectivity index is 1.26. The summed E-state index contributed by atoms with van der Waals surface area (Å²) in [6.45, 7) is 11.1. The first kappa shape index (κ1) is 18.5. The molecular weight excluding hydrogens is 324 g/mol. The number of nitrogens with zero attached hydrogens (tertiary/aromatic N) is 2. The van der Waals surface area contributed by atoms with E-state index < -0.39 is 0 Å². The van der Waals surface area contributed by atoms with Crippen LogP contribution in [0.25, 0.3) is 0 Å². The molecule has 2 heterocycles. The standard InChI is InChI=1S/C21H38N4O/c1-3-22-20(23-11-5-12-25-13-6-16(2)7-14-25)24-18-17-8-15-26-19(17)21(18)9-4-10-21/h16-19H,3-15H2,1-2H3,(H2,22,23,24). The molecule has 0 radical (unpaired) electrons. The van der Waals surface area contributed by atoms with E-state index >= 15 is 0 Å². The van der Waals surface area contributed by atoms with E-state index in [0.717, 1.165) is 38.0 Å². The van der Waals surface area contributed by atoms with Gasteiger partial charge in [-0.25, -0.2) is 0 Å². The summed E-state index contributed by atoms with van der Waals surface area (Å²) in [5, 5.41) is 7.28. The average Bonchev–Trinajstić information content (AvgIpc) is 3.01. The number of aliphatic imine (C=N–C) groups is 1. The third-order valence-electron chi connectivity index (χ3n) is 7.45. The predicted octanol–water partition coefficient (Wildman–Crippen LogP) is 2.62. The molecule has 26 heavy (non-hydrogen) atoms. The monoisotopic (exact) mass is 362 g/mol. The smallest absolute Gasteiger partial charge is 0.191 e. The van der Waals surface area contributed by atoms with Crippen molar-refractivity contribution in [3.63, 3.8) is 0 Å². The van der Waals surface area contributed by atoms with Crippen molar-refractivity contribution >= 4 is 5.96 Å². The lowest BCUT2D eigenvalue weighted by Gasteiger charge is -2.63. The highest BCUT2D eigenvalue weighted by Gasteiger charge is 2.66. The van der Waals surface area contributed by atoms with Crippen LogP contribution in [-0.2, 0) is 4.74 Å². The van der Waals surface area contributed by atoms with Crippen LogP contribution in [0.15, 0.2) is 4.99 Å². The van der Waals surface area contributed by atoms with E-state index in [2.05, 4.69) is 29.4 Å². The highest BCUT2D eigenvalue weighted by Crippen LogP contribution is 2.62. The average molecular weight is 363 g/mol. The molecule has 2 aliphatic heterocycles. The van der Waals surface area contributed by atoms with E-state index in [4.69, 9.17) is 9.73 Å². The van der Waals surface area contributed by atoms with E-state index in [9.17, 15) is 0 Å². The fourth-order valence-electron chi connectivity index (χ4n) is 5.69. The Morgan fingerprint density at radius 2 is 2.04 bits per heavy atom. The Morgan fingerprint density at radius 3 is 2.73 bits per heavy atom. The summed E-state index contributed by atoms with van der Waals surface area (Å²) in [4.78, 5) is 7.52. The topological polar surface area (TPSA) is 48.9 Å². The number of ether oxygens (including phenoxy) is 1. The summed E-state index contributed by atoms with van der Waals surface area (Å²) < 4.78 is 6.05.